The van der Waals surface area contributed by atoms with Crippen molar-refractivity contribution in [3.63, 3.8) is 0 Å². The molecule has 1 unspecified atom stereocenters. The minimum atomic E-state index is -0.266. The Morgan fingerprint density at radius 1 is 1.33 bits per heavy atom. The van der Waals surface area contributed by atoms with Crippen LogP contribution in [0, 0.1) is 13.8 Å². The second-order valence-electron chi connectivity index (χ2n) is 9.15. The number of hydrogen-bond donors (Lipinski definition) is 2. The number of aryl methyl sites for hydroxylation is 1. The lowest BCUT2D eigenvalue weighted by molar-refractivity contribution is -0.0588. The average molecular weight is 520 g/mol. The Kier molecular flexibility index (Phi) is 7.90. The van der Waals surface area contributed by atoms with Gasteiger partial charge in [0.05, 0.1) is 24.8 Å². The van der Waals surface area contributed by atoms with Crippen LogP contribution in [-0.2, 0) is 11.3 Å². The number of rotatable bonds is 7. The van der Waals surface area contributed by atoms with Gasteiger partial charge in [-0.25, -0.2) is 0 Å². The molecule has 1 saturated heterocycles. The molecule has 0 bridgehead atoms. The quantitative estimate of drug-likeness (QED) is 0.563. The minimum Gasteiger partial charge on any atom is -0.496 e. The third-order valence-electron chi connectivity index (χ3n) is 6.23. The lowest BCUT2D eigenvalue weighted by Crippen LogP contribution is -2.46. The first-order valence-electron chi connectivity index (χ1n) is 11.3. The van der Waals surface area contributed by atoms with Crippen LogP contribution in [0.25, 0.3) is 0 Å². The van der Waals surface area contributed by atoms with Gasteiger partial charge in [-0.15, -0.1) is 0 Å². The predicted molar refractivity (Wildman–Crippen MR) is 134 cm³/mol. The Balaban J connectivity index is 1.87. The third kappa shape index (κ3) is 5.79. The smallest absolute Gasteiger partial charge is 0.256 e. The lowest BCUT2D eigenvalue weighted by atomic mass is 9.91. The summed E-state index contributed by atoms with van der Waals surface area (Å²) in [7, 11) is 1.52. The first kappa shape index (κ1) is 25.3. The van der Waals surface area contributed by atoms with Gasteiger partial charge in [-0.2, -0.15) is 0 Å². The molecule has 1 aliphatic heterocycles. The van der Waals surface area contributed by atoms with E-state index >= 15 is 0 Å². The van der Waals surface area contributed by atoms with E-state index < -0.39 is 0 Å². The van der Waals surface area contributed by atoms with Crippen LogP contribution in [0.3, 0.4) is 0 Å². The number of nitrogens with one attached hydrogen (secondary N) is 2. The molecule has 0 saturated carbocycles. The van der Waals surface area contributed by atoms with Gasteiger partial charge in [0.25, 0.3) is 11.5 Å². The number of aromatic nitrogens is 1. The molecule has 1 aromatic heterocycles. The highest BCUT2D eigenvalue weighted by molar-refractivity contribution is 9.10. The molecule has 1 aromatic carbocycles. The Hall–Kier alpha value is -2.32. The molecule has 0 aliphatic carbocycles. The molecule has 0 spiro atoms. The summed E-state index contributed by atoms with van der Waals surface area (Å²) in [6.07, 6.45) is 1.87. The fourth-order valence-electron chi connectivity index (χ4n) is 4.59. The zero-order chi connectivity index (χ0) is 24.3. The number of amides is 1. The molecule has 2 aromatic rings. The average Bonchev–Trinajstić information content (AvgIpc) is 2.74. The number of H-pyrrole nitrogens is 1. The van der Waals surface area contributed by atoms with Gasteiger partial charge in [-0.1, -0.05) is 15.9 Å². The molecular weight excluding hydrogens is 486 g/mol. The number of halogens is 1. The molecule has 0 radical (unpaired) electrons. The Labute approximate surface area is 204 Å². The van der Waals surface area contributed by atoms with Crippen molar-refractivity contribution < 1.29 is 14.3 Å². The van der Waals surface area contributed by atoms with E-state index in [9.17, 15) is 9.59 Å². The largest absolute Gasteiger partial charge is 0.496 e. The lowest BCUT2D eigenvalue weighted by Gasteiger charge is -2.42. The maximum Gasteiger partial charge on any atom is 0.256 e. The van der Waals surface area contributed by atoms with Crippen LogP contribution < -0.4 is 20.5 Å². The highest BCUT2D eigenvalue weighted by atomic mass is 79.9. The summed E-state index contributed by atoms with van der Waals surface area (Å²) < 4.78 is 12.1. The number of methoxy groups -OCH3 is 1. The van der Waals surface area contributed by atoms with E-state index in [1.807, 2.05) is 13.0 Å². The molecule has 7 nitrogen and oxygen atoms in total. The maximum atomic E-state index is 13.2. The predicted octanol–water partition coefficient (Wildman–Crippen LogP) is 4.48. The van der Waals surface area contributed by atoms with Crippen LogP contribution in [0.4, 0.5) is 5.69 Å². The van der Waals surface area contributed by atoms with Gasteiger partial charge in [-0.3, -0.25) is 9.59 Å². The Morgan fingerprint density at radius 3 is 2.70 bits per heavy atom. The standard InChI is InChI=1S/C25H34BrN3O4/c1-7-29(18-8-9-33-25(4,5)13-18)21-12-17(26)11-19(16(21)3)23(30)27-14-20-22(32-6)10-15(2)28-24(20)31/h10-12,18H,7-9,13-14H2,1-6H3,(H,27,30)(H,28,31). The van der Waals surface area contributed by atoms with E-state index in [2.05, 4.69) is 58.0 Å². The van der Waals surface area contributed by atoms with Crippen molar-refractivity contribution in [3.8, 4) is 5.75 Å². The van der Waals surface area contributed by atoms with Crippen molar-refractivity contribution in [2.75, 3.05) is 25.2 Å². The molecule has 1 amide bonds. The zero-order valence-electron chi connectivity index (χ0n) is 20.3. The first-order chi connectivity index (χ1) is 15.6. The number of nitrogens with zero attached hydrogens (tertiary/aromatic N) is 1. The molecule has 1 aliphatic rings. The van der Waals surface area contributed by atoms with Crippen LogP contribution in [0.15, 0.2) is 27.5 Å². The number of carbonyl (C=O) groups is 1. The number of hydrogen-bond acceptors (Lipinski definition) is 5. The van der Waals surface area contributed by atoms with Crippen molar-refractivity contribution in [3.05, 3.63) is 55.4 Å². The fourth-order valence-corrected chi connectivity index (χ4v) is 5.04. The van der Waals surface area contributed by atoms with Crippen LogP contribution in [0.5, 0.6) is 5.75 Å². The summed E-state index contributed by atoms with van der Waals surface area (Å²) in [6.45, 7) is 11.8. The van der Waals surface area contributed by atoms with Crippen LogP contribution in [0.2, 0.25) is 0 Å². The van der Waals surface area contributed by atoms with Crippen molar-refractivity contribution in [1.82, 2.24) is 10.3 Å². The topological polar surface area (TPSA) is 83.7 Å². The summed E-state index contributed by atoms with van der Waals surface area (Å²) in [5, 5.41) is 2.90. The van der Waals surface area contributed by atoms with Gasteiger partial charge in [0.2, 0.25) is 0 Å². The van der Waals surface area contributed by atoms with Gasteiger partial charge in [0.15, 0.2) is 0 Å². The molecule has 8 heteroatoms. The van der Waals surface area contributed by atoms with Crippen molar-refractivity contribution in [1.29, 1.82) is 0 Å². The molecule has 2 N–H and O–H groups in total. The number of anilines is 1. The van der Waals surface area contributed by atoms with E-state index in [0.717, 1.165) is 41.7 Å². The van der Waals surface area contributed by atoms with Crippen LogP contribution in [0.1, 0.15) is 60.8 Å². The zero-order valence-corrected chi connectivity index (χ0v) is 21.9. The summed E-state index contributed by atoms with van der Waals surface area (Å²) in [5.74, 6) is 0.225. The fraction of sp³-hybridized carbons (Fsp3) is 0.520. The SMILES string of the molecule is CCN(c1cc(Br)cc(C(=O)NCc2c(OC)cc(C)[nH]c2=O)c1C)C1CCOC(C)(C)C1. The Morgan fingerprint density at radius 2 is 2.06 bits per heavy atom. The van der Waals surface area contributed by atoms with Gasteiger partial charge in [0, 0.05) is 40.6 Å². The minimum absolute atomic E-state index is 0.0740. The van der Waals surface area contributed by atoms with E-state index in [4.69, 9.17) is 9.47 Å². The number of aromatic amines is 1. The van der Waals surface area contributed by atoms with E-state index in [1.165, 1.54) is 7.11 Å². The number of carbonyl (C=O) groups excluding carboxylic acids is 1. The van der Waals surface area contributed by atoms with E-state index in [-0.39, 0.29) is 23.6 Å². The normalized spacial score (nSPS) is 17.5. The maximum absolute atomic E-state index is 13.2. The molecule has 2 heterocycles. The molecular formula is C25H34BrN3O4. The van der Waals surface area contributed by atoms with Crippen LogP contribution >= 0.6 is 15.9 Å². The van der Waals surface area contributed by atoms with Gasteiger partial charge in [-0.05, 0) is 71.2 Å². The molecule has 3 rings (SSSR count). The highest BCUT2D eigenvalue weighted by Crippen LogP contribution is 2.34. The molecule has 33 heavy (non-hydrogen) atoms. The van der Waals surface area contributed by atoms with Gasteiger partial charge in [0.1, 0.15) is 5.75 Å². The summed E-state index contributed by atoms with van der Waals surface area (Å²) in [6, 6.07) is 5.98. The van der Waals surface area contributed by atoms with Crippen molar-refractivity contribution in [2.45, 2.75) is 65.6 Å². The van der Waals surface area contributed by atoms with E-state index in [1.54, 1.807) is 13.0 Å². The van der Waals surface area contributed by atoms with E-state index in [0.29, 0.717) is 28.6 Å². The number of benzene rings is 1. The summed E-state index contributed by atoms with van der Waals surface area (Å²) in [4.78, 5) is 30.7. The van der Waals surface area contributed by atoms with Crippen molar-refractivity contribution in [2.24, 2.45) is 0 Å². The van der Waals surface area contributed by atoms with Gasteiger partial charge >= 0.3 is 0 Å². The third-order valence-corrected chi connectivity index (χ3v) is 6.68. The molecule has 180 valence electrons. The van der Waals surface area contributed by atoms with Crippen LogP contribution in [-0.4, -0.2) is 42.8 Å². The second kappa shape index (κ2) is 10.3. The highest BCUT2D eigenvalue weighted by Gasteiger charge is 2.33. The first-order valence-corrected chi connectivity index (χ1v) is 12.1. The van der Waals surface area contributed by atoms with Gasteiger partial charge < -0.3 is 24.7 Å². The second-order valence-corrected chi connectivity index (χ2v) is 10.1. The molecule has 1 atom stereocenters. The summed E-state index contributed by atoms with van der Waals surface area (Å²) in [5.41, 5.74) is 3.18. The Bertz CT molecular complexity index is 1080. The number of ether oxygens (including phenoxy) is 2. The number of pyridine rings is 1. The van der Waals surface area contributed by atoms with Crippen molar-refractivity contribution >= 4 is 27.5 Å². The monoisotopic (exact) mass is 519 g/mol. The molecule has 1 fully saturated rings. The summed E-state index contributed by atoms with van der Waals surface area (Å²) >= 11 is 3.59.